The molecule has 0 radical (unpaired) electrons. The number of amides is 2. The summed E-state index contributed by atoms with van der Waals surface area (Å²) in [4.78, 5) is 39.9. The lowest BCUT2D eigenvalue weighted by molar-refractivity contribution is -0.116. The Morgan fingerprint density at radius 2 is 1.65 bits per heavy atom. The van der Waals surface area contributed by atoms with E-state index in [1.807, 2.05) is 45.9 Å². The second-order valence-electron chi connectivity index (χ2n) is 8.25. The van der Waals surface area contributed by atoms with Crippen LogP contribution in [0.1, 0.15) is 35.5 Å². The molecule has 0 saturated heterocycles. The third-order valence-electron chi connectivity index (χ3n) is 5.08. The predicted molar refractivity (Wildman–Crippen MR) is 122 cm³/mol. The van der Waals surface area contributed by atoms with E-state index in [1.165, 1.54) is 9.58 Å². The molecule has 0 aliphatic rings. The Bertz CT molecular complexity index is 1180. The molecule has 31 heavy (non-hydrogen) atoms. The molecule has 0 atom stereocenters. The van der Waals surface area contributed by atoms with Gasteiger partial charge in [-0.25, -0.2) is 4.68 Å². The first kappa shape index (κ1) is 22.2. The van der Waals surface area contributed by atoms with Crippen LogP contribution in [0.2, 0.25) is 0 Å². The zero-order chi connectivity index (χ0) is 22.7. The van der Waals surface area contributed by atoms with Crippen LogP contribution in [0.3, 0.4) is 0 Å². The number of hydrogen-bond donors (Lipinski definition) is 1. The van der Waals surface area contributed by atoms with Crippen molar-refractivity contribution in [3.05, 3.63) is 69.6 Å². The molecule has 3 rings (SSSR count). The summed E-state index contributed by atoms with van der Waals surface area (Å²) in [6, 6.07) is 12.7. The van der Waals surface area contributed by atoms with Gasteiger partial charge in [0.15, 0.2) is 5.69 Å². The van der Waals surface area contributed by atoms with Gasteiger partial charge in [0, 0.05) is 24.7 Å². The minimum absolute atomic E-state index is 0.133. The predicted octanol–water partition coefficient (Wildman–Crippen LogP) is 3.38. The molecule has 0 aliphatic heterocycles. The van der Waals surface area contributed by atoms with E-state index < -0.39 is 5.91 Å². The maximum Gasteiger partial charge on any atom is 0.275 e. The third-order valence-corrected chi connectivity index (χ3v) is 5.08. The summed E-state index contributed by atoms with van der Waals surface area (Å²) in [5, 5.41) is 8.18. The number of fused-ring (bicyclic) bond motifs is 1. The number of aromatic nitrogens is 2. The number of rotatable bonds is 6. The van der Waals surface area contributed by atoms with Crippen LogP contribution in [0.15, 0.2) is 47.3 Å². The fourth-order valence-corrected chi connectivity index (χ4v) is 3.52. The number of para-hydroxylation sites is 1. The zero-order valence-corrected chi connectivity index (χ0v) is 18.6. The number of hydrogen-bond acceptors (Lipinski definition) is 4. The highest BCUT2D eigenvalue weighted by molar-refractivity contribution is 6.06. The second kappa shape index (κ2) is 9.12. The van der Waals surface area contributed by atoms with E-state index in [4.69, 9.17) is 0 Å². The summed E-state index contributed by atoms with van der Waals surface area (Å²) in [7, 11) is 1.56. The molecule has 7 heteroatoms. The van der Waals surface area contributed by atoms with E-state index in [-0.39, 0.29) is 29.6 Å². The van der Waals surface area contributed by atoms with Crippen LogP contribution < -0.4 is 10.9 Å². The quantitative estimate of drug-likeness (QED) is 0.663. The molecule has 7 nitrogen and oxygen atoms in total. The number of aryl methyl sites for hydroxylation is 2. The molecule has 2 aromatic carbocycles. The smallest absolute Gasteiger partial charge is 0.275 e. The molecule has 3 aromatic rings. The van der Waals surface area contributed by atoms with Crippen LogP contribution in [-0.2, 0) is 11.3 Å². The molecule has 0 fully saturated rings. The Morgan fingerprint density at radius 1 is 1.03 bits per heavy atom. The van der Waals surface area contributed by atoms with Crippen LogP contribution in [0.25, 0.3) is 10.8 Å². The van der Waals surface area contributed by atoms with E-state index >= 15 is 0 Å². The monoisotopic (exact) mass is 420 g/mol. The Morgan fingerprint density at radius 3 is 2.26 bits per heavy atom. The fourth-order valence-electron chi connectivity index (χ4n) is 3.52. The largest absolute Gasteiger partial charge is 0.331 e. The van der Waals surface area contributed by atoms with Crippen LogP contribution >= 0.6 is 0 Å². The number of carbonyl (C=O) groups is 2. The van der Waals surface area contributed by atoms with Gasteiger partial charge in [-0.1, -0.05) is 50.2 Å². The van der Waals surface area contributed by atoms with Crippen molar-refractivity contribution in [1.82, 2.24) is 14.7 Å². The topological polar surface area (TPSA) is 84.3 Å². The molecule has 1 N–H and O–H groups in total. The van der Waals surface area contributed by atoms with Crippen molar-refractivity contribution in [1.29, 1.82) is 0 Å². The zero-order valence-electron chi connectivity index (χ0n) is 18.6. The fraction of sp³-hybridized carbons (Fsp3) is 0.333. The highest BCUT2D eigenvalue weighted by atomic mass is 16.2. The third kappa shape index (κ3) is 4.82. The Balaban J connectivity index is 1.89. The van der Waals surface area contributed by atoms with E-state index in [0.717, 1.165) is 16.8 Å². The summed E-state index contributed by atoms with van der Waals surface area (Å²) in [6.07, 6.45) is 0. The van der Waals surface area contributed by atoms with E-state index in [0.29, 0.717) is 17.3 Å². The molecule has 2 amide bonds. The first-order chi connectivity index (χ1) is 14.7. The van der Waals surface area contributed by atoms with Gasteiger partial charge in [-0.05, 0) is 37.0 Å². The molecular weight excluding hydrogens is 392 g/mol. The lowest BCUT2D eigenvalue weighted by Crippen LogP contribution is -2.37. The number of nitrogens with one attached hydrogen (secondary N) is 1. The molecule has 0 bridgehead atoms. The maximum atomic E-state index is 13.2. The average Bonchev–Trinajstić information content (AvgIpc) is 2.72. The average molecular weight is 421 g/mol. The molecule has 1 heterocycles. The summed E-state index contributed by atoms with van der Waals surface area (Å²) < 4.78 is 1.34. The minimum Gasteiger partial charge on any atom is -0.331 e. The van der Waals surface area contributed by atoms with Gasteiger partial charge >= 0.3 is 0 Å². The molecule has 0 aliphatic carbocycles. The second-order valence-corrected chi connectivity index (χ2v) is 8.25. The van der Waals surface area contributed by atoms with Gasteiger partial charge in [0.2, 0.25) is 5.91 Å². The summed E-state index contributed by atoms with van der Waals surface area (Å²) in [6.45, 7) is 8.08. The standard InChI is InChI=1S/C24H28N4O3/c1-15(2)13-28-23(30)19-12-7-6-11-18(19)22(26-28)24(31)27(5)14-20(29)25-21-16(3)9-8-10-17(21)4/h6-12,15H,13-14H2,1-5H3,(H,25,29). The highest BCUT2D eigenvalue weighted by Gasteiger charge is 2.22. The van der Waals surface area contributed by atoms with Crippen molar-refractivity contribution in [2.45, 2.75) is 34.2 Å². The van der Waals surface area contributed by atoms with Crippen LogP contribution in [0.5, 0.6) is 0 Å². The van der Waals surface area contributed by atoms with Crippen molar-refractivity contribution in [2.24, 2.45) is 5.92 Å². The van der Waals surface area contributed by atoms with Gasteiger partial charge in [-0.15, -0.1) is 0 Å². The van der Waals surface area contributed by atoms with Crippen LogP contribution in [0.4, 0.5) is 5.69 Å². The lowest BCUT2D eigenvalue weighted by Gasteiger charge is -2.19. The Kier molecular flexibility index (Phi) is 6.53. The van der Waals surface area contributed by atoms with E-state index in [1.54, 1.807) is 31.3 Å². The van der Waals surface area contributed by atoms with Gasteiger partial charge in [-0.3, -0.25) is 14.4 Å². The lowest BCUT2D eigenvalue weighted by atomic mass is 10.1. The molecule has 0 saturated carbocycles. The van der Waals surface area contributed by atoms with Crippen LogP contribution in [-0.4, -0.2) is 40.1 Å². The Labute approximate surface area is 181 Å². The number of nitrogens with zero attached hydrogens (tertiary/aromatic N) is 3. The van der Waals surface area contributed by atoms with Crippen LogP contribution in [0, 0.1) is 19.8 Å². The number of likely N-dealkylation sites (N-methyl/N-ethyl adjacent to an activating group) is 1. The van der Waals surface area contributed by atoms with Crippen molar-refractivity contribution in [3.63, 3.8) is 0 Å². The molecular formula is C24H28N4O3. The minimum atomic E-state index is -0.412. The first-order valence-electron chi connectivity index (χ1n) is 10.3. The number of anilines is 1. The molecule has 0 unspecified atom stereocenters. The molecule has 162 valence electrons. The van der Waals surface area contributed by atoms with E-state index in [9.17, 15) is 14.4 Å². The summed E-state index contributed by atoms with van der Waals surface area (Å²) >= 11 is 0. The SMILES string of the molecule is Cc1cccc(C)c1NC(=O)CN(C)C(=O)c1nn(CC(C)C)c(=O)c2ccccc12. The van der Waals surface area contributed by atoms with Gasteiger partial charge in [0.05, 0.1) is 11.9 Å². The number of benzene rings is 2. The van der Waals surface area contributed by atoms with Crippen molar-refractivity contribution in [2.75, 3.05) is 18.9 Å². The van der Waals surface area contributed by atoms with Gasteiger partial charge in [0.1, 0.15) is 0 Å². The van der Waals surface area contributed by atoms with Gasteiger partial charge in [-0.2, -0.15) is 5.10 Å². The highest BCUT2D eigenvalue weighted by Crippen LogP contribution is 2.20. The molecule has 0 spiro atoms. The summed E-state index contributed by atoms with van der Waals surface area (Å²) in [5.41, 5.74) is 2.60. The normalized spacial score (nSPS) is 11.0. The van der Waals surface area contributed by atoms with Crippen molar-refractivity contribution in [3.8, 4) is 0 Å². The van der Waals surface area contributed by atoms with Gasteiger partial charge in [0.25, 0.3) is 11.5 Å². The first-order valence-corrected chi connectivity index (χ1v) is 10.3. The maximum absolute atomic E-state index is 13.2. The van der Waals surface area contributed by atoms with Gasteiger partial charge < -0.3 is 10.2 Å². The number of carbonyl (C=O) groups excluding carboxylic acids is 2. The van der Waals surface area contributed by atoms with E-state index in [2.05, 4.69) is 10.4 Å². The summed E-state index contributed by atoms with van der Waals surface area (Å²) in [5.74, 6) is -0.520. The van der Waals surface area contributed by atoms with Crippen molar-refractivity contribution >= 4 is 28.3 Å². The van der Waals surface area contributed by atoms with Crippen molar-refractivity contribution < 1.29 is 9.59 Å². The Hall–Kier alpha value is -3.48. The molecule has 1 aromatic heterocycles.